The molecule has 3 heterocycles. The van der Waals surface area contributed by atoms with Crippen LogP contribution >= 0.6 is 0 Å². The maximum absolute atomic E-state index is 12.2. The van der Waals surface area contributed by atoms with Gasteiger partial charge in [0.15, 0.2) is 9.84 Å². The molecule has 0 saturated heterocycles. The van der Waals surface area contributed by atoms with Crippen LogP contribution in [-0.4, -0.2) is 42.0 Å². The lowest BCUT2D eigenvalue weighted by molar-refractivity contribution is 0.272. The molecule has 0 aromatic carbocycles. The number of hydrogen-bond donors (Lipinski definition) is 2. The number of pyridine rings is 1. The van der Waals surface area contributed by atoms with Crippen LogP contribution in [0.2, 0.25) is 0 Å². The van der Waals surface area contributed by atoms with E-state index in [1.54, 1.807) is 12.2 Å². The fraction of sp³-hybridized carbons (Fsp3) is 0.500. The Hall–Kier alpha value is -1.80. The summed E-state index contributed by atoms with van der Waals surface area (Å²) in [6, 6.07) is 1.96. The number of sulfone groups is 1. The molecular formula is C18H23BN2O4S. The van der Waals surface area contributed by atoms with Gasteiger partial charge in [0.2, 0.25) is 0 Å². The van der Waals surface area contributed by atoms with Gasteiger partial charge in [-0.2, -0.15) is 0 Å². The minimum absolute atomic E-state index is 0.203. The summed E-state index contributed by atoms with van der Waals surface area (Å²) in [6.45, 7) is 2.01. The van der Waals surface area contributed by atoms with Gasteiger partial charge in [-0.3, -0.25) is 0 Å². The van der Waals surface area contributed by atoms with E-state index in [2.05, 4.69) is 9.97 Å². The second-order valence-corrected chi connectivity index (χ2v) is 9.60. The van der Waals surface area contributed by atoms with E-state index in [-0.39, 0.29) is 17.6 Å². The van der Waals surface area contributed by atoms with Crippen LogP contribution in [0.1, 0.15) is 38.2 Å². The summed E-state index contributed by atoms with van der Waals surface area (Å²) in [5.74, 6) is 3.35. The smallest absolute Gasteiger partial charge is 0.531 e. The molecule has 4 rings (SSSR count). The van der Waals surface area contributed by atoms with E-state index in [0.29, 0.717) is 11.5 Å². The van der Waals surface area contributed by atoms with E-state index >= 15 is 0 Å². The predicted octanol–water partition coefficient (Wildman–Crippen LogP) is 2.60. The molecule has 1 aliphatic carbocycles. The Balaban J connectivity index is 1.52. The van der Waals surface area contributed by atoms with Crippen LogP contribution in [0.3, 0.4) is 0 Å². The zero-order chi connectivity index (χ0) is 18.3. The Kier molecular flexibility index (Phi) is 4.56. The minimum atomic E-state index is -2.96. The molecule has 2 N–H and O–H groups in total. The maximum atomic E-state index is 12.2. The van der Waals surface area contributed by atoms with Crippen LogP contribution in [0, 0.1) is 11.8 Å². The zero-order valence-electron chi connectivity index (χ0n) is 14.8. The molecule has 6 nitrogen and oxygen atoms in total. The van der Waals surface area contributed by atoms with Crippen molar-refractivity contribution in [2.24, 2.45) is 11.8 Å². The van der Waals surface area contributed by atoms with Gasteiger partial charge in [0.05, 0.1) is 17.7 Å². The van der Waals surface area contributed by atoms with Crippen molar-refractivity contribution in [1.82, 2.24) is 9.97 Å². The average Bonchev–Trinajstić information content (AvgIpc) is 3.03. The molecule has 26 heavy (non-hydrogen) atoms. The largest absolute Gasteiger partial charge is 0.552 e. The number of allylic oxidation sites excluding steroid dienone is 1. The van der Waals surface area contributed by atoms with E-state index in [9.17, 15) is 13.4 Å². The Morgan fingerprint density at radius 1 is 1.42 bits per heavy atom. The molecule has 0 unspecified atom stereocenters. The van der Waals surface area contributed by atoms with E-state index in [0.717, 1.165) is 47.9 Å². The van der Waals surface area contributed by atoms with Gasteiger partial charge in [-0.05, 0) is 48.7 Å². The number of rotatable bonds is 6. The quantitative estimate of drug-likeness (QED) is 0.759. The van der Waals surface area contributed by atoms with E-state index in [4.69, 9.17) is 4.65 Å². The number of H-pyrrole nitrogens is 1. The lowest BCUT2D eigenvalue weighted by atomic mass is 9.66. The van der Waals surface area contributed by atoms with Crippen molar-refractivity contribution in [1.29, 1.82) is 0 Å². The number of aromatic amines is 1. The highest BCUT2D eigenvalue weighted by molar-refractivity contribution is 7.91. The summed E-state index contributed by atoms with van der Waals surface area (Å²) in [5.41, 5.74) is 2.81. The summed E-state index contributed by atoms with van der Waals surface area (Å²) in [5, 5.41) is 11.0. The third kappa shape index (κ3) is 3.28. The molecule has 8 heteroatoms. The molecule has 0 amide bonds. The fourth-order valence-corrected chi connectivity index (χ4v) is 5.94. The molecular weight excluding hydrogens is 351 g/mol. The molecule has 1 fully saturated rings. The van der Waals surface area contributed by atoms with E-state index in [1.807, 2.05) is 19.2 Å². The number of aromatic nitrogens is 2. The molecule has 0 radical (unpaired) electrons. The minimum Gasteiger partial charge on any atom is -0.531 e. The molecule has 2 aromatic heterocycles. The van der Waals surface area contributed by atoms with Gasteiger partial charge in [-0.15, -0.1) is 0 Å². The molecule has 0 bridgehead atoms. The van der Waals surface area contributed by atoms with Crippen LogP contribution in [-0.2, 0) is 9.84 Å². The molecule has 2 aromatic rings. The summed E-state index contributed by atoms with van der Waals surface area (Å²) in [7, 11) is -3.95. The highest BCUT2D eigenvalue weighted by atomic mass is 32.2. The first kappa shape index (κ1) is 17.6. The standard InChI is InChI=1S/C18H23BN2O4S/c1-2-3-6-26(23,24)11-12-7-13(8-12)15-9-19(22)25-16-10-21-18-14(17(15)16)4-5-20-18/h4-5,9-10,12-13,22H,2-3,6-8,11H2,1H3,(H,20,21)/t12-,13+. The number of hydrogen-bond acceptors (Lipinski definition) is 5. The Labute approximate surface area is 153 Å². The third-order valence-corrected chi connectivity index (χ3v) is 7.27. The van der Waals surface area contributed by atoms with Crippen molar-refractivity contribution in [2.45, 2.75) is 32.6 Å². The van der Waals surface area contributed by atoms with Gasteiger partial charge in [0.1, 0.15) is 11.4 Å². The van der Waals surface area contributed by atoms with Crippen LogP contribution in [0.4, 0.5) is 0 Å². The number of nitrogens with zero attached hydrogens (tertiary/aromatic N) is 1. The number of fused-ring (bicyclic) bond motifs is 3. The van der Waals surface area contributed by atoms with E-state index in [1.165, 1.54) is 0 Å². The van der Waals surface area contributed by atoms with Crippen LogP contribution in [0.15, 0.2) is 24.4 Å². The molecule has 0 spiro atoms. The van der Waals surface area contributed by atoms with Crippen molar-refractivity contribution < 1.29 is 18.1 Å². The van der Waals surface area contributed by atoms with Crippen LogP contribution in [0.5, 0.6) is 5.75 Å². The summed E-state index contributed by atoms with van der Waals surface area (Å²) >= 11 is 0. The topological polar surface area (TPSA) is 92.3 Å². The maximum Gasteiger partial charge on any atom is 0.552 e. The van der Waals surface area contributed by atoms with Crippen molar-refractivity contribution in [3.8, 4) is 5.75 Å². The number of unbranched alkanes of at least 4 members (excludes halogenated alkanes) is 1. The fourth-order valence-electron chi connectivity index (χ4n) is 4.05. The van der Waals surface area contributed by atoms with Crippen molar-refractivity contribution in [3.63, 3.8) is 0 Å². The van der Waals surface area contributed by atoms with Gasteiger partial charge in [-0.25, -0.2) is 13.4 Å². The third-order valence-electron chi connectivity index (χ3n) is 5.38. The SMILES string of the molecule is CCCCS(=O)(=O)C[C@H]1C[C@@H](C2=CB(O)Oc3cnc4[nH]ccc4c32)C1. The zero-order valence-corrected chi connectivity index (χ0v) is 15.6. The lowest BCUT2D eigenvalue weighted by Crippen LogP contribution is -2.34. The highest BCUT2D eigenvalue weighted by Crippen LogP contribution is 2.48. The monoisotopic (exact) mass is 374 g/mol. The molecule has 1 saturated carbocycles. The van der Waals surface area contributed by atoms with Crippen molar-refractivity contribution in [2.75, 3.05) is 11.5 Å². The van der Waals surface area contributed by atoms with Crippen molar-refractivity contribution in [3.05, 3.63) is 30.0 Å². The average molecular weight is 374 g/mol. The molecule has 138 valence electrons. The van der Waals surface area contributed by atoms with Gasteiger partial charge in [-0.1, -0.05) is 13.3 Å². The summed E-state index contributed by atoms with van der Waals surface area (Å²) in [4.78, 5) is 7.42. The molecule has 0 atom stereocenters. The number of nitrogens with one attached hydrogen (secondary N) is 1. The Morgan fingerprint density at radius 2 is 2.23 bits per heavy atom. The van der Waals surface area contributed by atoms with Gasteiger partial charge < -0.3 is 14.7 Å². The highest BCUT2D eigenvalue weighted by Gasteiger charge is 2.39. The normalized spacial score (nSPS) is 22.5. The first-order valence-electron chi connectivity index (χ1n) is 9.20. The van der Waals surface area contributed by atoms with Crippen LogP contribution < -0.4 is 4.65 Å². The second-order valence-electron chi connectivity index (χ2n) is 7.37. The van der Waals surface area contributed by atoms with Gasteiger partial charge >= 0.3 is 7.12 Å². The van der Waals surface area contributed by atoms with Gasteiger partial charge in [0.25, 0.3) is 0 Å². The summed E-state index contributed by atoms with van der Waals surface area (Å²) < 4.78 is 29.9. The Bertz CT molecular complexity index is 947. The van der Waals surface area contributed by atoms with Crippen molar-refractivity contribution >= 4 is 33.6 Å². The lowest BCUT2D eigenvalue weighted by Gasteiger charge is -2.38. The van der Waals surface area contributed by atoms with E-state index < -0.39 is 17.0 Å². The first-order chi connectivity index (χ1) is 12.5. The Morgan fingerprint density at radius 3 is 3.00 bits per heavy atom. The predicted molar refractivity (Wildman–Crippen MR) is 102 cm³/mol. The van der Waals surface area contributed by atoms with Gasteiger partial charge in [0, 0.05) is 17.1 Å². The van der Waals surface area contributed by atoms with Crippen LogP contribution in [0.25, 0.3) is 16.6 Å². The summed E-state index contributed by atoms with van der Waals surface area (Å²) in [6.07, 6.45) is 6.77. The molecule has 2 aliphatic rings. The molecule has 1 aliphatic heterocycles. The second kappa shape index (κ2) is 6.74. The first-order valence-corrected chi connectivity index (χ1v) is 11.0.